The van der Waals surface area contributed by atoms with Gasteiger partial charge < -0.3 is 14.8 Å². The van der Waals surface area contributed by atoms with Crippen LogP contribution in [0.2, 0.25) is 0 Å². The zero-order valence-corrected chi connectivity index (χ0v) is 10.6. The molecule has 3 rings (SSSR count). The van der Waals surface area contributed by atoms with Crippen molar-refractivity contribution in [2.45, 2.75) is 44.6 Å². The number of carboxylic acids is 1. The van der Waals surface area contributed by atoms with Gasteiger partial charge in [-0.1, -0.05) is 19.3 Å². The van der Waals surface area contributed by atoms with E-state index in [1.54, 1.807) is 0 Å². The zero-order valence-electron chi connectivity index (χ0n) is 10.6. The van der Waals surface area contributed by atoms with Crippen LogP contribution in [0.25, 0.3) is 0 Å². The van der Waals surface area contributed by atoms with Crippen LogP contribution >= 0.6 is 0 Å². The number of carbonyl (C=O) groups excluding carboxylic acids is 1. The van der Waals surface area contributed by atoms with Gasteiger partial charge in [-0.25, -0.2) is 4.79 Å². The average molecular weight is 263 g/mol. The van der Waals surface area contributed by atoms with Gasteiger partial charge in [-0.15, -0.1) is 0 Å². The topological polar surface area (TPSA) is 79.5 Å². The fourth-order valence-electron chi connectivity index (χ4n) is 3.16. The minimum absolute atomic E-state index is 0.0789. The summed E-state index contributed by atoms with van der Waals surface area (Å²) < 4.78 is 5.00. The third-order valence-corrected chi connectivity index (χ3v) is 4.38. The van der Waals surface area contributed by atoms with Gasteiger partial charge in [0.25, 0.3) is 5.91 Å². The predicted octanol–water partition coefficient (Wildman–Crippen LogP) is 2.43. The summed E-state index contributed by atoms with van der Waals surface area (Å²) in [6.07, 6.45) is 7.22. The lowest BCUT2D eigenvalue weighted by molar-refractivity contribution is 0.0659. The molecule has 0 radical (unpaired) electrons. The molecule has 2 N–H and O–H groups in total. The number of aromatic carboxylic acids is 1. The summed E-state index contributed by atoms with van der Waals surface area (Å²) in [6.45, 7) is 0. The van der Waals surface area contributed by atoms with Crippen LogP contribution in [0.3, 0.4) is 0 Å². The summed E-state index contributed by atoms with van der Waals surface area (Å²) in [6, 6.07) is 2.95. The smallest absolute Gasteiger partial charge is 0.371 e. The van der Waals surface area contributed by atoms with E-state index in [1.165, 1.54) is 44.2 Å². The maximum atomic E-state index is 12.0. The molecule has 0 aliphatic heterocycles. The van der Waals surface area contributed by atoms with E-state index in [-0.39, 0.29) is 23.5 Å². The second-order valence-electron chi connectivity index (χ2n) is 5.62. The van der Waals surface area contributed by atoms with Crippen molar-refractivity contribution < 1.29 is 19.1 Å². The van der Waals surface area contributed by atoms with Crippen LogP contribution < -0.4 is 5.32 Å². The van der Waals surface area contributed by atoms with E-state index in [2.05, 4.69) is 5.32 Å². The third kappa shape index (κ3) is 2.25. The van der Waals surface area contributed by atoms with Crippen LogP contribution in [0.1, 0.15) is 59.6 Å². The number of carbonyl (C=O) groups is 2. The lowest BCUT2D eigenvalue weighted by atomic mass is 9.86. The normalized spacial score (nSPS) is 24.1. The summed E-state index contributed by atoms with van der Waals surface area (Å²) in [5, 5.41) is 11.7. The molecule has 1 spiro atoms. The highest BCUT2D eigenvalue weighted by Crippen LogP contribution is 2.56. The summed E-state index contributed by atoms with van der Waals surface area (Å²) >= 11 is 0. The van der Waals surface area contributed by atoms with Gasteiger partial charge in [-0.2, -0.15) is 0 Å². The first-order valence-electron chi connectivity index (χ1n) is 6.75. The Hall–Kier alpha value is -1.78. The average Bonchev–Trinajstić information content (AvgIpc) is 2.86. The molecule has 2 saturated carbocycles. The van der Waals surface area contributed by atoms with Gasteiger partial charge in [0, 0.05) is 6.04 Å². The fourth-order valence-corrected chi connectivity index (χ4v) is 3.16. The van der Waals surface area contributed by atoms with Gasteiger partial charge in [0.15, 0.2) is 5.76 Å². The maximum absolute atomic E-state index is 12.0. The number of carboxylic acid groups (broad SMARTS) is 1. The summed E-state index contributed by atoms with van der Waals surface area (Å²) in [5.74, 6) is -1.59. The SMILES string of the molecule is O=C(O)c1ccc(C(=O)NC2CC23CCCCC3)o1. The minimum atomic E-state index is -1.16. The Kier molecular flexibility index (Phi) is 2.84. The van der Waals surface area contributed by atoms with E-state index >= 15 is 0 Å². The largest absolute Gasteiger partial charge is 0.475 e. The van der Waals surface area contributed by atoms with Crippen LogP contribution in [0, 0.1) is 5.41 Å². The first-order valence-corrected chi connectivity index (χ1v) is 6.75. The first kappa shape index (κ1) is 12.3. The van der Waals surface area contributed by atoms with Crippen molar-refractivity contribution >= 4 is 11.9 Å². The molecule has 5 heteroatoms. The number of nitrogens with one attached hydrogen (secondary N) is 1. The summed E-state index contributed by atoms with van der Waals surface area (Å²) in [5.41, 5.74) is 0.316. The molecule has 1 aromatic heterocycles. The Morgan fingerprint density at radius 1 is 1.21 bits per heavy atom. The van der Waals surface area contributed by atoms with Gasteiger partial charge in [-0.3, -0.25) is 4.79 Å². The molecule has 19 heavy (non-hydrogen) atoms. The fraction of sp³-hybridized carbons (Fsp3) is 0.571. The molecule has 0 bridgehead atoms. The van der Waals surface area contributed by atoms with Gasteiger partial charge in [-0.05, 0) is 36.8 Å². The Balaban J connectivity index is 1.61. The molecule has 1 unspecified atom stereocenters. The van der Waals surface area contributed by atoms with Crippen LogP contribution in [-0.4, -0.2) is 23.0 Å². The molecule has 0 saturated heterocycles. The van der Waals surface area contributed by atoms with E-state index < -0.39 is 5.97 Å². The Bertz CT molecular complexity index is 513. The minimum Gasteiger partial charge on any atom is -0.475 e. The van der Waals surface area contributed by atoms with Gasteiger partial charge in [0.2, 0.25) is 5.76 Å². The van der Waals surface area contributed by atoms with Crippen molar-refractivity contribution in [2.24, 2.45) is 5.41 Å². The molecule has 1 aromatic rings. The molecule has 0 aromatic carbocycles. The second-order valence-corrected chi connectivity index (χ2v) is 5.62. The van der Waals surface area contributed by atoms with Crippen LogP contribution in [0.5, 0.6) is 0 Å². The molecule has 1 atom stereocenters. The maximum Gasteiger partial charge on any atom is 0.371 e. The summed E-state index contributed by atoms with van der Waals surface area (Å²) in [4.78, 5) is 22.6. The van der Waals surface area contributed by atoms with Gasteiger partial charge in [0.05, 0.1) is 0 Å². The Labute approximate surface area is 111 Å². The van der Waals surface area contributed by atoms with Crippen molar-refractivity contribution in [1.29, 1.82) is 0 Å². The van der Waals surface area contributed by atoms with Crippen molar-refractivity contribution in [3.8, 4) is 0 Å². The van der Waals surface area contributed by atoms with Crippen molar-refractivity contribution in [3.63, 3.8) is 0 Å². The number of hydrogen-bond donors (Lipinski definition) is 2. The lowest BCUT2D eigenvalue weighted by Crippen LogP contribution is -2.30. The van der Waals surface area contributed by atoms with E-state index in [0.717, 1.165) is 6.42 Å². The quantitative estimate of drug-likeness (QED) is 0.877. The molecule has 1 amide bonds. The molecule has 102 valence electrons. The molecular weight excluding hydrogens is 246 g/mol. The van der Waals surface area contributed by atoms with E-state index in [0.29, 0.717) is 5.41 Å². The molecular formula is C14H17NO4. The second kappa shape index (κ2) is 4.40. The Morgan fingerprint density at radius 3 is 2.53 bits per heavy atom. The van der Waals surface area contributed by atoms with E-state index in [9.17, 15) is 9.59 Å². The summed E-state index contributed by atoms with van der Waals surface area (Å²) in [7, 11) is 0. The first-order chi connectivity index (χ1) is 9.11. The third-order valence-electron chi connectivity index (χ3n) is 4.38. The standard InChI is InChI=1S/C14H17NO4/c16-12(9-4-5-10(19-9)13(17)18)15-11-8-14(11)6-2-1-3-7-14/h4-5,11H,1-3,6-8H2,(H,15,16)(H,17,18). The van der Waals surface area contributed by atoms with Crippen molar-refractivity contribution in [1.82, 2.24) is 5.32 Å². The van der Waals surface area contributed by atoms with E-state index in [1.807, 2.05) is 0 Å². The zero-order chi connectivity index (χ0) is 13.5. The van der Waals surface area contributed by atoms with Crippen LogP contribution in [0.15, 0.2) is 16.5 Å². The Morgan fingerprint density at radius 2 is 1.89 bits per heavy atom. The predicted molar refractivity (Wildman–Crippen MR) is 67.1 cm³/mol. The highest BCUT2D eigenvalue weighted by Gasteiger charge is 2.54. The molecule has 2 aliphatic carbocycles. The highest BCUT2D eigenvalue weighted by atomic mass is 16.4. The molecule has 2 fully saturated rings. The number of hydrogen-bond acceptors (Lipinski definition) is 3. The number of amides is 1. The highest BCUT2D eigenvalue weighted by molar-refractivity contribution is 5.93. The van der Waals surface area contributed by atoms with Gasteiger partial charge >= 0.3 is 5.97 Å². The lowest BCUT2D eigenvalue weighted by Gasteiger charge is -2.22. The monoisotopic (exact) mass is 263 g/mol. The molecule has 5 nitrogen and oxygen atoms in total. The van der Waals surface area contributed by atoms with Crippen LogP contribution in [0.4, 0.5) is 0 Å². The van der Waals surface area contributed by atoms with Crippen molar-refractivity contribution in [3.05, 3.63) is 23.7 Å². The molecule has 1 heterocycles. The van der Waals surface area contributed by atoms with Crippen LogP contribution in [-0.2, 0) is 0 Å². The number of rotatable bonds is 3. The van der Waals surface area contributed by atoms with Gasteiger partial charge in [0.1, 0.15) is 0 Å². The van der Waals surface area contributed by atoms with Crippen molar-refractivity contribution in [2.75, 3.05) is 0 Å². The molecule has 2 aliphatic rings. The van der Waals surface area contributed by atoms with E-state index in [4.69, 9.17) is 9.52 Å². The number of furan rings is 1.